The highest BCUT2D eigenvalue weighted by Crippen LogP contribution is 2.43. The summed E-state index contributed by atoms with van der Waals surface area (Å²) >= 11 is 12.5. The Hall–Kier alpha value is -2.90. The second-order valence-electron chi connectivity index (χ2n) is 10.5. The van der Waals surface area contributed by atoms with Gasteiger partial charge in [-0.25, -0.2) is 9.48 Å². The number of tetrazole rings is 1. The van der Waals surface area contributed by atoms with Gasteiger partial charge in [0, 0.05) is 15.7 Å². The maximum atomic E-state index is 12.1. The summed E-state index contributed by atoms with van der Waals surface area (Å²) in [6.45, 7) is 8.64. The molecule has 1 aliphatic rings. The van der Waals surface area contributed by atoms with Crippen molar-refractivity contribution in [3.8, 4) is 0 Å². The van der Waals surface area contributed by atoms with Crippen molar-refractivity contribution >= 4 is 40.9 Å². The summed E-state index contributed by atoms with van der Waals surface area (Å²) in [4.78, 5) is 12.1. The first-order chi connectivity index (χ1) is 17.6. The van der Waals surface area contributed by atoms with E-state index < -0.39 is 5.54 Å². The van der Waals surface area contributed by atoms with Crippen LogP contribution in [0.5, 0.6) is 0 Å². The van der Waals surface area contributed by atoms with Gasteiger partial charge >= 0.3 is 5.97 Å². The van der Waals surface area contributed by atoms with Gasteiger partial charge in [-0.1, -0.05) is 75.0 Å². The number of allylic oxidation sites excluding steroid dienone is 1. The van der Waals surface area contributed by atoms with E-state index in [9.17, 15) is 4.79 Å². The number of aromatic nitrogens is 4. The van der Waals surface area contributed by atoms with Gasteiger partial charge in [-0.05, 0) is 77.6 Å². The molecule has 9 heteroatoms. The van der Waals surface area contributed by atoms with Crippen LogP contribution in [0.15, 0.2) is 48.5 Å². The molecular formula is C28H33Cl2N5O2. The Morgan fingerprint density at radius 1 is 1.16 bits per heavy atom. The molecule has 7 nitrogen and oxygen atoms in total. The number of halogens is 2. The lowest BCUT2D eigenvalue weighted by Crippen LogP contribution is -2.38. The van der Waals surface area contributed by atoms with Crippen LogP contribution >= 0.6 is 23.2 Å². The number of nitrogens with one attached hydrogen (secondary N) is 1. The van der Waals surface area contributed by atoms with Crippen LogP contribution in [0.1, 0.15) is 81.2 Å². The normalized spacial score (nSPS) is 16.2. The SMILES string of the molecule is CCOC(=O)c1ccc(NC2(c3nnnn3C(C=Cc3ccc(Cl)cc3Cl)C(C)(C)C)CCCC2)cc1. The third-order valence-electron chi connectivity index (χ3n) is 6.73. The van der Waals surface area contributed by atoms with Gasteiger partial charge in [-0.2, -0.15) is 0 Å². The Bertz CT molecular complexity index is 1260. The Kier molecular flexibility index (Phi) is 8.24. The zero-order valence-electron chi connectivity index (χ0n) is 21.7. The molecule has 196 valence electrons. The minimum Gasteiger partial charge on any atom is -0.462 e. The van der Waals surface area contributed by atoms with Crippen molar-refractivity contribution in [2.75, 3.05) is 11.9 Å². The van der Waals surface area contributed by atoms with E-state index in [0.29, 0.717) is 22.2 Å². The Morgan fingerprint density at radius 2 is 1.86 bits per heavy atom. The summed E-state index contributed by atoms with van der Waals surface area (Å²) in [7, 11) is 0. The largest absolute Gasteiger partial charge is 0.462 e. The molecule has 1 aliphatic carbocycles. The average molecular weight is 543 g/mol. The predicted octanol–water partition coefficient (Wildman–Crippen LogP) is 7.34. The monoisotopic (exact) mass is 541 g/mol. The molecule has 37 heavy (non-hydrogen) atoms. The molecule has 0 radical (unpaired) electrons. The smallest absolute Gasteiger partial charge is 0.338 e. The van der Waals surface area contributed by atoms with Crippen LogP contribution in [0.25, 0.3) is 6.08 Å². The molecule has 1 N–H and O–H groups in total. The number of hydrogen-bond acceptors (Lipinski definition) is 6. The number of anilines is 1. The number of hydrogen-bond donors (Lipinski definition) is 1. The minimum absolute atomic E-state index is 0.130. The van der Waals surface area contributed by atoms with Crippen molar-refractivity contribution in [3.05, 3.63) is 75.5 Å². The van der Waals surface area contributed by atoms with Crippen molar-refractivity contribution in [2.45, 2.75) is 65.0 Å². The van der Waals surface area contributed by atoms with Crippen LogP contribution in [0.3, 0.4) is 0 Å². The number of rotatable bonds is 8. The zero-order chi connectivity index (χ0) is 26.6. The number of carbonyl (C=O) groups is 1. The summed E-state index contributed by atoms with van der Waals surface area (Å²) in [6.07, 6.45) is 8.04. The maximum absolute atomic E-state index is 12.1. The molecule has 1 saturated carbocycles. The highest BCUT2D eigenvalue weighted by atomic mass is 35.5. The van der Waals surface area contributed by atoms with Gasteiger partial charge in [0.25, 0.3) is 0 Å². The molecule has 0 amide bonds. The van der Waals surface area contributed by atoms with Crippen LogP contribution in [0, 0.1) is 5.41 Å². The summed E-state index contributed by atoms with van der Waals surface area (Å²) in [5, 5.41) is 18.0. The minimum atomic E-state index is -0.426. The topological polar surface area (TPSA) is 81.9 Å². The Morgan fingerprint density at radius 3 is 2.49 bits per heavy atom. The van der Waals surface area contributed by atoms with Crippen LogP contribution < -0.4 is 5.32 Å². The van der Waals surface area contributed by atoms with Gasteiger partial charge in [0.15, 0.2) is 5.82 Å². The predicted molar refractivity (Wildman–Crippen MR) is 148 cm³/mol. The molecule has 4 rings (SSSR count). The van der Waals surface area contributed by atoms with E-state index in [2.05, 4.69) is 47.7 Å². The van der Waals surface area contributed by atoms with Gasteiger partial charge in [-0.3, -0.25) is 0 Å². The highest BCUT2D eigenvalue weighted by molar-refractivity contribution is 6.35. The highest BCUT2D eigenvalue weighted by Gasteiger charge is 2.42. The molecule has 0 aliphatic heterocycles. The van der Waals surface area contributed by atoms with E-state index in [1.54, 1.807) is 25.1 Å². The van der Waals surface area contributed by atoms with Crippen LogP contribution in [-0.2, 0) is 10.3 Å². The third kappa shape index (κ3) is 6.16. The summed E-state index contributed by atoms with van der Waals surface area (Å²) in [6, 6.07) is 12.7. The standard InChI is InChI=1S/C28H33Cl2N5O2/c1-5-37-25(36)20-9-13-22(14-10-20)31-28(16-6-7-17-28)26-32-33-34-35(26)24(27(2,3)4)15-11-19-8-12-21(29)18-23(19)30/h8-15,18,24,31H,5-7,16-17H2,1-4H3. The maximum Gasteiger partial charge on any atom is 0.338 e. The molecule has 0 spiro atoms. The van der Waals surface area contributed by atoms with E-state index >= 15 is 0 Å². The molecule has 1 aromatic heterocycles. The van der Waals surface area contributed by atoms with E-state index in [-0.39, 0.29) is 17.4 Å². The molecule has 2 aromatic carbocycles. The van der Waals surface area contributed by atoms with Gasteiger partial charge in [0.2, 0.25) is 0 Å². The first kappa shape index (κ1) is 27.1. The molecule has 1 heterocycles. The van der Waals surface area contributed by atoms with Gasteiger partial charge < -0.3 is 10.1 Å². The summed E-state index contributed by atoms with van der Waals surface area (Å²) < 4.78 is 7.05. The lowest BCUT2D eigenvalue weighted by Gasteiger charge is -2.35. The fraction of sp³-hybridized carbons (Fsp3) is 0.429. The fourth-order valence-corrected chi connectivity index (χ4v) is 5.30. The number of benzene rings is 2. The van der Waals surface area contributed by atoms with Gasteiger partial charge in [0.05, 0.1) is 23.8 Å². The van der Waals surface area contributed by atoms with E-state index in [0.717, 1.165) is 42.8 Å². The van der Waals surface area contributed by atoms with E-state index in [4.69, 9.17) is 27.9 Å². The number of carbonyl (C=O) groups excluding carboxylic acids is 1. The molecule has 1 unspecified atom stereocenters. The van der Waals surface area contributed by atoms with Crippen LogP contribution in [-0.4, -0.2) is 32.8 Å². The van der Waals surface area contributed by atoms with Crippen molar-refractivity contribution < 1.29 is 9.53 Å². The number of ether oxygens (including phenoxy) is 1. The lowest BCUT2D eigenvalue weighted by atomic mass is 9.85. The summed E-state index contributed by atoms with van der Waals surface area (Å²) in [5.41, 5.74) is 1.70. The second kappa shape index (κ2) is 11.2. The molecule has 3 aromatic rings. The molecule has 1 fully saturated rings. The third-order valence-corrected chi connectivity index (χ3v) is 7.29. The second-order valence-corrected chi connectivity index (χ2v) is 11.3. The zero-order valence-corrected chi connectivity index (χ0v) is 23.2. The first-order valence-electron chi connectivity index (χ1n) is 12.6. The lowest BCUT2D eigenvalue weighted by molar-refractivity contribution is 0.0526. The Balaban J connectivity index is 1.67. The fourth-order valence-electron chi connectivity index (χ4n) is 4.83. The number of esters is 1. The van der Waals surface area contributed by atoms with E-state index in [1.807, 2.05) is 35.0 Å². The quantitative estimate of drug-likeness (QED) is 0.300. The number of nitrogens with zero attached hydrogens (tertiary/aromatic N) is 4. The van der Waals surface area contributed by atoms with Gasteiger partial charge in [-0.15, -0.1) is 5.10 Å². The molecule has 0 bridgehead atoms. The molecular weight excluding hydrogens is 509 g/mol. The summed E-state index contributed by atoms with van der Waals surface area (Å²) in [5.74, 6) is 0.473. The van der Waals surface area contributed by atoms with Crippen molar-refractivity contribution in [3.63, 3.8) is 0 Å². The van der Waals surface area contributed by atoms with Crippen LogP contribution in [0.2, 0.25) is 10.0 Å². The van der Waals surface area contributed by atoms with E-state index in [1.165, 1.54) is 0 Å². The van der Waals surface area contributed by atoms with Gasteiger partial charge in [0.1, 0.15) is 0 Å². The molecule has 0 saturated heterocycles. The first-order valence-corrected chi connectivity index (χ1v) is 13.4. The van der Waals surface area contributed by atoms with Crippen molar-refractivity contribution in [1.82, 2.24) is 20.2 Å². The van der Waals surface area contributed by atoms with Crippen LogP contribution in [0.4, 0.5) is 5.69 Å². The Labute approximate surface area is 228 Å². The molecule has 1 atom stereocenters. The average Bonchev–Trinajstić information content (AvgIpc) is 3.51. The van der Waals surface area contributed by atoms with Crippen molar-refractivity contribution in [1.29, 1.82) is 0 Å². The van der Waals surface area contributed by atoms with Crippen molar-refractivity contribution in [2.24, 2.45) is 5.41 Å².